The smallest absolute Gasteiger partial charge is 0.279 e. The lowest BCUT2D eigenvalue weighted by Crippen LogP contribution is -2.50. The van der Waals surface area contributed by atoms with Gasteiger partial charge in [-0.05, 0) is 29.8 Å². The molecule has 5 heteroatoms. The summed E-state index contributed by atoms with van der Waals surface area (Å²) in [5.74, 6) is -0.0620. The van der Waals surface area contributed by atoms with Crippen molar-refractivity contribution in [3.05, 3.63) is 42.5 Å². The van der Waals surface area contributed by atoms with Gasteiger partial charge in [-0.2, -0.15) is 0 Å². The molecule has 0 bridgehead atoms. The van der Waals surface area contributed by atoms with Crippen molar-refractivity contribution in [2.75, 3.05) is 0 Å². The normalized spacial score (nSPS) is 12.5. The Morgan fingerprint density at radius 1 is 1.00 bits per heavy atom. The maximum absolute atomic E-state index is 12.0. The lowest BCUT2D eigenvalue weighted by molar-refractivity contribution is -0.136. The Morgan fingerprint density at radius 3 is 2.30 bits per heavy atom. The molecule has 2 aromatic rings. The molecule has 0 aromatic heterocycles. The number of nitrogens with one attached hydrogen (secondary N) is 2. The van der Waals surface area contributed by atoms with Crippen LogP contribution in [0.1, 0.15) is 27.7 Å². The molecule has 0 aliphatic heterocycles. The van der Waals surface area contributed by atoms with Crippen LogP contribution in [0.4, 0.5) is 0 Å². The molecule has 0 saturated heterocycles. The van der Waals surface area contributed by atoms with Gasteiger partial charge in [0.1, 0.15) is 5.75 Å². The largest absolute Gasteiger partial charge is 0.481 e. The van der Waals surface area contributed by atoms with Gasteiger partial charge in [-0.25, -0.2) is 0 Å². The summed E-state index contributed by atoms with van der Waals surface area (Å²) in [6.07, 6.45) is -0.726. The van der Waals surface area contributed by atoms with Crippen LogP contribution < -0.4 is 15.6 Å². The topological polar surface area (TPSA) is 67.4 Å². The van der Waals surface area contributed by atoms with E-state index in [0.29, 0.717) is 5.75 Å². The molecular weight excluding hydrogens is 292 g/mol. The van der Waals surface area contributed by atoms with E-state index < -0.39 is 17.4 Å². The third kappa shape index (κ3) is 4.45. The lowest BCUT2D eigenvalue weighted by Gasteiger charge is -2.20. The number of benzene rings is 2. The van der Waals surface area contributed by atoms with E-state index in [4.69, 9.17) is 4.74 Å². The summed E-state index contributed by atoms with van der Waals surface area (Å²) in [5, 5.41) is 2.15. The first-order valence-electron chi connectivity index (χ1n) is 7.53. The number of hydrogen-bond donors (Lipinski definition) is 2. The van der Waals surface area contributed by atoms with Crippen LogP contribution in [0.2, 0.25) is 0 Å². The van der Waals surface area contributed by atoms with Crippen LogP contribution in [0.15, 0.2) is 42.5 Å². The van der Waals surface area contributed by atoms with Crippen LogP contribution in [-0.2, 0) is 9.59 Å². The molecule has 122 valence electrons. The van der Waals surface area contributed by atoms with Crippen LogP contribution in [0.5, 0.6) is 5.75 Å². The summed E-state index contributed by atoms with van der Waals surface area (Å²) in [6, 6.07) is 13.6. The van der Waals surface area contributed by atoms with Gasteiger partial charge in [0.2, 0.25) is 5.91 Å². The molecule has 2 aromatic carbocycles. The van der Waals surface area contributed by atoms with Gasteiger partial charge >= 0.3 is 0 Å². The van der Waals surface area contributed by atoms with Crippen molar-refractivity contribution < 1.29 is 14.3 Å². The van der Waals surface area contributed by atoms with Gasteiger partial charge in [0.25, 0.3) is 5.91 Å². The van der Waals surface area contributed by atoms with Gasteiger partial charge in [0.05, 0.1) is 0 Å². The highest BCUT2D eigenvalue weighted by Gasteiger charge is 2.23. The van der Waals surface area contributed by atoms with Gasteiger partial charge in [0.15, 0.2) is 6.10 Å². The number of hydrazine groups is 1. The molecule has 2 rings (SSSR count). The fraction of sp³-hybridized carbons (Fsp3) is 0.333. The number of carbonyl (C=O) groups is 2. The third-order valence-electron chi connectivity index (χ3n) is 3.38. The van der Waals surface area contributed by atoms with Crippen molar-refractivity contribution in [2.24, 2.45) is 5.41 Å². The highest BCUT2D eigenvalue weighted by Crippen LogP contribution is 2.21. The second kappa shape index (κ2) is 6.69. The quantitative estimate of drug-likeness (QED) is 0.856. The van der Waals surface area contributed by atoms with Gasteiger partial charge in [0, 0.05) is 5.41 Å². The zero-order valence-electron chi connectivity index (χ0n) is 13.8. The Morgan fingerprint density at radius 2 is 1.65 bits per heavy atom. The number of rotatable bonds is 3. The van der Waals surface area contributed by atoms with Crippen LogP contribution in [0.25, 0.3) is 10.8 Å². The zero-order chi connectivity index (χ0) is 17.0. The molecule has 0 aliphatic rings. The zero-order valence-corrected chi connectivity index (χ0v) is 13.8. The van der Waals surface area contributed by atoms with E-state index in [-0.39, 0.29) is 5.91 Å². The Labute approximate surface area is 136 Å². The van der Waals surface area contributed by atoms with Gasteiger partial charge in [-0.3, -0.25) is 20.4 Å². The molecule has 0 heterocycles. The predicted octanol–water partition coefficient (Wildman–Crippen LogP) is 2.80. The summed E-state index contributed by atoms with van der Waals surface area (Å²) in [7, 11) is 0. The number of carbonyl (C=O) groups excluding carboxylic acids is 2. The van der Waals surface area contributed by atoms with Crippen molar-refractivity contribution in [3.63, 3.8) is 0 Å². The molecule has 0 aliphatic carbocycles. The fourth-order valence-electron chi connectivity index (χ4n) is 1.91. The second-order valence-electron chi connectivity index (χ2n) is 6.46. The van der Waals surface area contributed by atoms with E-state index in [9.17, 15) is 9.59 Å². The molecule has 0 radical (unpaired) electrons. The molecular formula is C18H22N2O3. The maximum atomic E-state index is 12.0. The Bertz CT molecular complexity index is 720. The van der Waals surface area contributed by atoms with E-state index in [1.165, 1.54) is 0 Å². The molecule has 2 amide bonds. The van der Waals surface area contributed by atoms with Crippen LogP contribution in [0.3, 0.4) is 0 Å². The highest BCUT2D eigenvalue weighted by atomic mass is 16.5. The molecule has 23 heavy (non-hydrogen) atoms. The average Bonchev–Trinajstić information content (AvgIpc) is 2.51. The number of hydrogen-bond acceptors (Lipinski definition) is 3. The van der Waals surface area contributed by atoms with Crippen molar-refractivity contribution >= 4 is 22.6 Å². The minimum absolute atomic E-state index is 0.260. The number of amides is 2. The van der Waals surface area contributed by atoms with Crippen molar-refractivity contribution in [3.8, 4) is 5.75 Å². The van der Waals surface area contributed by atoms with Crippen LogP contribution in [0, 0.1) is 5.41 Å². The van der Waals surface area contributed by atoms with Crippen molar-refractivity contribution in [1.82, 2.24) is 10.9 Å². The summed E-state index contributed by atoms with van der Waals surface area (Å²) in [5.41, 5.74) is 4.21. The van der Waals surface area contributed by atoms with Crippen LogP contribution >= 0.6 is 0 Å². The minimum Gasteiger partial charge on any atom is -0.481 e. The molecule has 0 saturated carbocycles. The first-order valence-corrected chi connectivity index (χ1v) is 7.53. The van der Waals surface area contributed by atoms with E-state index in [1.54, 1.807) is 27.7 Å². The molecule has 0 fully saturated rings. The Kier molecular flexibility index (Phi) is 4.89. The van der Waals surface area contributed by atoms with E-state index >= 15 is 0 Å². The van der Waals surface area contributed by atoms with Gasteiger partial charge in [-0.15, -0.1) is 0 Å². The average molecular weight is 314 g/mol. The minimum atomic E-state index is -0.726. The molecule has 1 unspecified atom stereocenters. The summed E-state index contributed by atoms with van der Waals surface area (Å²) < 4.78 is 5.64. The van der Waals surface area contributed by atoms with E-state index in [0.717, 1.165) is 10.8 Å². The molecule has 5 nitrogen and oxygen atoms in total. The van der Waals surface area contributed by atoms with Crippen LogP contribution in [-0.4, -0.2) is 17.9 Å². The van der Waals surface area contributed by atoms with Gasteiger partial charge < -0.3 is 4.74 Å². The summed E-state index contributed by atoms with van der Waals surface area (Å²) in [6.45, 7) is 6.93. The highest BCUT2D eigenvalue weighted by molar-refractivity contribution is 5.87. The Hall–Kier alpha value is -2.56. The van der Waals surface area contributed by atoms with E-state index in [2.05, 4.69) is 10.9 Å². The molecule has 0 spiro atoms. The summed E-state index contributed by atoms with van der Waals surface area (Å²) in [4.78, 5) is 23.7. The van der Waals surface area contributed by atoms with Gasteiger partial charge in [-0.1, -0.05) is 51.1 Å². The SMILES string of the molecule is CC(Oc1ccc2ccccc2c1)C(=O)NNC(=O)C(C)(C)C. The lowest BCUT2D eigenvalue weighted by atomic mass is 9.96. The number of fused-ring (bicyclic) bond motifs is 1. The molecule has 2 N–H and O–H groups in total. The predicted molar refractivity (Wildman–Crippen MR) is 89.8 cm³/mol. The van der Waals surface area contributed by atoms with E-state index in [1.807, 2.05) is 42.5 Å². The Balaban J connectivity index is 1.95. The van der Waals surface area contributed by atoms with Crippen molar-refractivity contribution in [1.29, 1.82) is 0 Å². The second-order valence-corrected chi connectivity index (χ2v) is 6.46. The molecule has 1 atom stereocenters. The fourth-order valence-corrected chi connectivity index (χ4v) is 1.91. The third-order valence-corrected chi connectivity index (χ3v) is 3.38. The van der Waals surface area contributed by atoms with Crippen molar-refractivity contribution in [2.45, 2.75) is 33.8 Å². The first-order chi connectivity index (χ1) is 10.8. The number of ether oxygens (including phenoxy) is 1. The monoisotopic (exact) mass is 314 g/mol. The standard InChI is InChI=1S/C18H22N2O3/c1-12(16(21)19-20-17(22)18(2,3)4)23-15-10-9-13-7-5-6-8-14(13)11-15/h5-12H,1-4H3,(H,19,21)(H,20,22). The maximum Gasteiger partial charge on any atom is 0.279 e. The summed E-state index contributed by atoms with van der Waals surface area (Å²) >= 11 is 0. The first kappa shape index (κ1) is 16.8.